The predicted molar refractivity (Wildman–Crippen MR) is 77.3 cm³/mol. The molecule has 0 saturated heterocycles. The van der Waals surface area contributed by atoms with Gasteiger partial charge in [-0.1, -0.05) is 23.7 Å². The summed E-state index contributed by atoms with van der Waals surface area (Å²) in [6.45, 7) is 0. The van der Waals surface area contributed by atoms with Gasteiger partial charge in [-0.05, 0) is 30.3 Å². The first kappa shape index (κ1) is 17.4. The second kappa shape index (κ2) is 6.29. The zero-order chi connectivity index (χ0) is 17.3. The Hall–Kier alpha value is -1.93. The molecule has 23 heavy (non-hydrogen) atoms. The molecule has 124 valence electrons. The van der Waals surface area contributed by atoms with Crippen LogP contribution in [0, 0.1) is 0 Å². The molecule has 0 aliphatic heterocycles. The van der Waals surface area contributed by atoms with Gasteiger partial charge in [0.2, 0.25) is 0 Å². The lowest BCUT2D eigenvalue weighted by atomic mass is 10.2. The van der Waals surface area contributed by atoms with Crippen LogP contribution < -0.4 is 8.92 Å². The SMILES string of the molecule is COc1ccccc1OS(=O)(=O)c1ccc(Cl)c(C(F)(F)F)c1. The van der Waals surface area contributed by atoms with E-state index in [1.165, 1.54) is 25.3 Å². The van der Waals surface area contributed by atoms with E-state index in [4.69, 9.17) is 20.5 Å². The van der Waals surface area contributed by atoms with Gasteiger partial charge < -0.3 is 8.92 Å². The molecule has 9 heteroatoms. The standard InChI is InChI=1S/C14H10ClF3O4S/c1-21-12-4-2-3-5-13(12)22-23(19,20)9-6-7-11(15)10(8-9)14(16,17)18/h2-8H,1H3. The van der Waals surface area contributed by atoms with Crippen molar-refractivity contribution in [3.8, 4) is 11.5 Å². The molecule has 0 atom stereocenters. The van der Waals surface area contributed by atoms with Crippen molar-refractivity contribution in [2.24, 2.45) is 0 Å². The van der Waals surface area contributed by atoms with Crippen LogP contribution in [0.15, 0.2) is 47.4 Å². The fourth-order valence-corrected chi connectivity index (χ4v) is 2.92. The maximum atomic E-state index is 12.8. The van der Waals surface area contributed by atoms with Gasteiger partial charge in [-0.3, -0.25) is 0 Å². The molecule has 2 rings (SSSR count). The minimum Gasteiger partial charge on any atom is -0.493 e. The van der Waals surface area contributed by atoms with Crippen LogP contribution in [0.4, 0.5) is 13.2 Å². The molecule has 0 saturated carbocycles. The van der Waals surface area contributed by atoms with Crippen molar-refractivity contribution in [2.75, 3.05) is 7.11 Å². The molecule has 4 nitrogen and oxygen atoms in total. The topological polar surface area (TPSA) is 52.6 Å². The second-order valence-corrected chi connectivity index (χ2v) is 6.28. The average molecular weight is 367 g/mol. The Bertz CT molecular complexity index is 819. The first-order valence-electron chi connectivity index (χ1n) is 6.09. The second-order valence-electron chi connectivity index (χ2n) is 4.33. The van der Waals surface area contributed by atoms with Crippen LogP contribution in [0.2, 0.25) is 5.02 Å². The summed E-state index contributed by atoms with van der Waals surface area (Å²) in [7, 11) is -3.18. The van der Waals surface area contributed by atoms with E-state index >= 15 is 0 Å². The van der Waals surface area contributed by atoms with Gasteiger partial charge in [-0.15, -0.1) is 0 Å². The number of hydrogen-bond acceptors (Lipinski definition) is 4. The molecule has 0 heterocycles. The number of halogens is 4. The van der Waals surface area contributed by atoms with Gasteiger partial charge in [0.1, 0.15) is 4.90 Å². The average Bonchev–Trinajstić information content (AvgIpc) is 2.46. The van der Waals surface area contributed by atoms with Gasteiger partial charge in [-0.2, -0.15) is 21.6 Å². The van der Waals surface area contributed by atoms with E-state index in [9.17, 15) is 21.6 Å². The van der Waals surface area contributed by atoms with Crippen molar-refractivity contribution >= 4 is 21.7 Å². The number of para-hydroxylation sites is 2. The molecular formula is C14H10ClF3O4S. The Kier molecular flexibility index (Phi) is 4.76. The Balaban J connectivity index is 2.45. The van der Waals surface area contributed by atoms with E-state index in [0.29, 0.717) is 6.07 Å². The summed E-state index contributed by atoms with van der Waals surface area (Å²) in [5.74, 6) is -0.0143. The smallest absolute Gasteiger partial charge is 0.417 e. The lowest BCUT2D eigenvalue weighted by molar-refractivity contribution is -0.137. The number of ether oxygens (including phenoxy) is 1. The first-order valence-corrected chi connectivity index (χ1v) is 7.88. The molecule has 0 radical (unpaired) electrons. The summed E-state index contributed by atoms with van der Waals surface area (Å²) >= 11 is 5.46. The molecule has 0 spiro atoms. The van der Waals surface area contributed by atoms with E-state index in [2.05, 4.69) is 0 Å². The highest BCUT2D eigenvalue weighted by molar-refractivity contribution is 7.87. The number of benzene rings is 2. The minimum atomic E-state index is -4.78. The van der Waals surface area contributed by atoms with Crippen LogP contribution in [0.1, 0.15) is 5.56 Å². The summed E-state index contributed by atoms with van der Waals surface area (Å²) in [6.07, 6.45) is -4.78. The van der Waals surface area contributed by atoms with Gasteiger partial charge in [0.15, 0.2) is 11.5 Å². The fourth-order valence-electron chi connectivity index (χ4n) is 1.73. The molecule has 0 amide bonds. The molecule has 2 aromatic rings. The van der Waals surface area contributed by atoms with Crippen LogP contribution in [-0.4, -0.2) is 15.5 Å². The number of methoxy groups -OCH3 is 1. The largest absolute Gasteiger partial charge is 0.493 e. The van der Waals surface area contributed by atoms with Gasteiger partial charge in [0.25, 0.3) is 0 Å². The van der Waals surface area contributed by atoms with Gasteiger partial charge in [-0.25, -0.2) is 0 Å². The van der Waals surface area contributed by atoms with E-state index in [-0.39, 0.29) is 11.5 Å². The summed E-state index contributed by atoms with van der Waals surface area (Å²) in [5.41, 5.74) is -1.26. The van der Waals surface area contributed by atoms with Crippen LogP contribution in [0.3, 0.4) is 0 Å². The van der Waals surface area contributed by atoms with Crippen molar-refractivity contribution < 1.29 is 30.5 Å². The third-order valence-electron chi connectivity index (χ3n) is 2.80. The van der Waals surface area contributed by atoms with Crippen molar-refractivity contribution in [3.05, 3.63) is 53.1 Å². The zero-order valence-corrected chi connectivity index (χ0v) is 13.2. The van der Waals surface area contributed by atoms with E-state index in [1.54, 1.807) is 6.07 Å². The summed E-state index contributed by atoms with van der Waals surface area (Å²) in [4.78, 5) is -0.667. The van der Waals surface area contributed by atoms with Crippen molar-refractivity contribution in [2.45, 2.75) is 11.1 Å². The highest BCUT2D eigenvalue weighted by Crippen LogP contribution is 2.37. The van der Waals surface area contributed by atoms with Gasteiger partial charge >= 0.3 is 16.3 Å². The number of alkyl halides is 3. The quantitative estimate of drug-likeness (QED) is 0.763. The van der Waals surface area contributed by atoms with E-state index in [1.807, 2.05) is 0 Å². The molecule has 0 aromatic heterocycles. The fraction of sp³-hybridized carbons (Fsp3) is 0.143. The Morgan fingerprint density at radius 1 is 1.04 bits per heavy atom. The molecule has 0 bridgehead atoms. The third kappa shape index (κ3) is 3.89. The molecule has 0 aliphatic rings. The monoisotopic (exact) mass is 366 g/mol. The zero-order valence-electron chi connectivity index (χ0n) is 11.6. The molecule has 0 N–H and O–H groups in total. The van der Waals surface area contributed by atoms with Crippen molar-refractivity contribution in [1.82, 2.24) is 0 Å². The predicted octanol–water partition coefficient (Wildman–Crippen LogP) is 4.14. The van der Waals surface area contributed by atoms with Crippen molar-refractivity contribution in [3.63, 3.8) is 0 Å². The first-order chi connectivity index (χ1) is 10.6. The van der Waals surface area contributed by atoms with Gasteiger partial charge in [0.05, 0.1) is 17.7 Å². The minimum absolute atomic E-state index is 0.126. The lowest BCUT2D eigenvalue weighted by Crippen LogP contribution is -2.13. The lowest BCUT2D eigenvalue weighted by Gasteiger charge is -2.13. The van der Waals surface area contributed by atoms with Crippen molar-refractivity contribution in [1.29, 1.82) is 0 Å². The molecular weight excluding hydrogens is 357 g/mol. The van der Waals surface area contributed by atoms with Crippen LogP contribution in [0.5, 0.6) is 11.5 Å². The Labute approximate surface area is 135 Å². The van der Waals surface area contributed by atoms with Crippen LogP contribution in [0.25, 0.3) is 0 Å². The van der Waals surface area contributed by atoms with E-state index < -0.39 is 31.8 Å². The highest BCUT2D eigenvalue weighted by Gasteiger charge is 2.35. The Morgan fingerprint density at radius 3 is 2.22 bits per heavy atom. The third-order valence-corrected chi connectivity index (χ3v) is 4.36. The normalized spacial score (nSPS) is 12.0. The summed E-state index contributed by atoms with van der Waals surface area (Å²) < 4.78 is 72.6. The van der Waals surface area contributed by atoms with Crippen LogP contribution >= 0.6 is 11.6 Å². The number of rotatable bonds is 4. The molecule has 0 unspecified atom stereocenters. The maximum Gasteiger partial charge on any atom is 0.417 e. The van der Waals surface area contributed by atoms with Gasteiger partial charge in [0, 0.05) is 0 Å². The maximum absolute atomic E-state index is 12.8. The van der Waals surface area contributed by atoms with E-state index in [0.717, 1.165) is 12.1 Å². The molecule has 0 fully saturated rings. The highest BCUT2D eigenvalue weighted by atomic mass is 35.5. The number of hydrogen-bond donors (Lipinski definition) is 0. The summed E-state index contributed by atoms with van der Waals surface area (Å²) in [5, 5.41) is -0.603. The van der Waals surface area contributed by atoms with Crippen LogP contribution in [-0.2, 0) is 16.3 Å². The molecule has 2 aromatic carbocycles. The summed E-state index contributed by atoms with van der Waals surface area (Å²) in [6, 6.07) is 8.06. The Morgan fingerprint density at radius 2 is 1.65 bits per heavy atom. The molecule has 0 aliphatic carbocycles.